The van der Waals surface area contributed by atoms with E-state index in [0.717, 1.165) is 5.56 Å². The summed E-state index contributed by atoms with van der Waals surface area (Å²) in [6.45, 7) is 2.03. The topological polar surface area (TPSA) is 59.8 Å². The number of alkyl halides is 3. The van der Waals surface area contributed by atoms with Crippen molar-refractivity contribution in [2.75, 3.05) is 5.32 Å². The molecule has 1 aromatic carbocycles. The van der Waals surface area contributed by atoms with Crippen LogP contribution in [0.4, 0.5) is 19.1 Å². The minimum Gasteiger partial charge on any atom is -0.288 e. The quantitative estimate of drug-likeness (QED) is 0.821. The van der Waals surface area contributed by atoms with Gasteiger partial charge in [0, 0.05) is 17.3 Å². The molecule has 10 heteroatoms. The molecule has 0 aliphatic heterocycles. The van der Waals surface area contributed by atoms with Crippen LogP contribution in [0.1, 0.15) is 12.5 Å². The molecule has 0 bridgehead atoms. The Kier molecular flexibility index (Phi) is 5.53. The fraction of sp³-hybridized carbons (Fsp3) is 0.308. The van der Waals surface area contributed by atoms with Gasteiger partial charge in [0.1, 0.15) is 0 Å². The van der Waals surface area contributed by atoms with Crippen LogP contribution >= 0.6 is 23.4 Å². The Morgan fingerprint density at radius 2 is 2.04 bits per heavy atom. The number of hydrogen-bond acceptors (Lipinski definition) is 4. The molecule has 0 radical (unpaired) electrons. The highest BCUT2D eigenvalue weighted by molar-refractivity contribution is 7.98. The van der Waals surface area contributed by atoms with E-state index in [9.17, 15) is 18.0 Å². The first kappa shape index (κ1) is 17.6. The van der Waals surface area contributed by atoms with Gasteiger partial charge in [-0.15, -0.1) is 10.2 Å². The standard InChI is InChI=1S/C13H12ClF3N4OS/c1-2-21-11(18-10(22)13(15,16)17)19-20-12(21)23-7-8-5-3-4-6-9(8)14/h3-6H,2,7H2,1H3,(H,18,19,22). The van der Waals surface area contributed by atoms with Gasteiger partial charge in [0.25, 0.3) is 0 Å². The first-order valence-corrected chi connectivity index (χ1v) is 7.87. The molecule has 0 fully saturated rings. The summed E-state index contributed by atoms with van der Waals surface area (Å²) in [5.41, 5.74) is 0.866. The molecule has 0 unspecified atom stereocenters. The molecule has 124 valence electrons. The van der Waals surface area contributed by atoms with E-state index in [1.54, 1.807) is 24.4 Å². The number of aromatic nitrogens is 3. The van der Waals surface area contributed by atoms with Crippen LogP contribution in [0.15, 0.2) is 29.4 Å². The van der Waals surface area contributed by atoms with E-state index in [1.165, 1.54) is 16.3 Å². The van der Waals surface area contributed by atoms with Crippen LogP contribution in [-0.4, -0.2) is 26.8 Å². The van der Waals surface area contributed by atoms with Crippen LogP contribution in [0.2, 0.25) is 5.02 Å². The average molecular weight is 365 g/mol. The van der Waals surface area contributed by atoms with Crippen molar-refractivity contribution >= 4 is 35.2 Å². The maximum absolute atomic E-state index is 12.3. The summed E-state index contributed by atoms with van der Waals surface area (Å²) >= 11 is 7.32. The second kappa shape index (κ2) is 7.22. The summed E-state index contributed by atoms with van der Waals surface area (Å²) in [5.74, 6) is -1.84. The van der Waals surface area contributed by atoms with E-state index in [-0.39, 0.29) is 5.95 Å². The number of hydrogen-bond donors (Lipinski definition) is 1. The molecule has 1 heterocycles. The Bertz CT molecular complexity index is 705. The lowest BCUT2D eigenvalue weighted by Gasteiger charge is -2.09. The zero-order valence-corrected chi connectivity index (χ0v) is 13.5. The van der Waals surface area contributed by atoms with Crippen molar-refractivity contribution in [2.24, 2.45) is 0 Å². The number of carbonyl (C=O) groups is 1. The van der Waals surface area contributed by atoms with Gasteiger partial charge in [-0.1, -0.05) is 41.6 Å². The van der Waals surface area contributed by atoms with Gasteiger partial charge in [-0.25, -0.2) is 0 Å². The zero-order chi connectivity index (χ0) is 17.0. The molecular formula is C13H12ClF3N4OS. The molecule has 23 heavy (non-hydrogen) atoms. The van der Waals surface area contributed by atoms with Crippen LogP contribution in [0.5, 0.6) is 0 Å². The SMILES string of the molecule is CCn1c(NC(=O)C(F)(F)F)nnc1SCc1ccccc1Cl. The normalized spacial score (nSPS) is 11.5. The molecule has 0 saturated heterocycles. The van der Waals surface area contributed by atoms with Crippen molar-refractivity contribution in [3.63, 3.8) is 0 Å². The lowest BCUT2D eigenvalue weighted by atomic mass is 10.2. The summed E-state index contributed by atoms with van der Waals surface area (Å²) in [4.78, 5) is 11.0. The van der Waals surface area contributed by atoms with E-state index in [1.807, 2.05) is 12.1 Å². The number of halogens is 4. The third kappa shape index (κ3) is 4.38. The smallest absolute Gasteiger partial charge is 0.288 e. The Balaban J connectivity index is 2.12. The molecular weight excluding hydrogens is 353 g/mol. The molecule has 0 saturated carbocycles. The summed E-state index contributed by atoms with van der Waals surface area (Å²) in [5, 5.41) is 10.1. The molecule has 1 N–H and O–H groups in total. The van der Waals surface area contributed by atoms with Crippen LogP contribution in [0.25, 0.3) is 0 Å². The molecule has 0 atom stereocenters. The fourth-order valence-corrected chi connectivity index (χ4v) is 2.99. The third-order valence-corrected chi connectivity index (χ3v) is 4.21. The predicted molar refractivity (Wildman–Crippen MR) is 81.4 cm³/mol. The number of anilines is 1. The summed E-state index contributed by atoms with van der Waals surface area (Å²) < 4.78 is 38.3. The van der Waals surface area contributed by atoms with Crippen molar-refractivity contribution < 1.29 is 18.0 Å². The van der Waals surface area contributed by atoms with Gasteiger partial charge in [0.05, 0.1) is 0 Å². The van der Waals surface area contributed by atoms with Crippen LogP contribution in [0, 0.1) is 0 Å². The van der Waals surface area contributed by atoms with Gasteiger partial charge in [0.2, 0.25) is 5.95 Å². The molecule has 1 aromatic heterocycles. The van der Waals surface area contributed by atoms with Gasteiger partial charge >= 0.3 is 12.1 Å². The number of benzene rings is 1. The van der Waals surface area contributed by atoms with Gasteiger partial charge in [-0.05, 0) is 18.6 Å². The second-order valence-electron chi connectivity index (χ2n) is 4.38. The summed E-state index contributed by atoms with van der Waals surface area (Å²) in [6.07, 6.45) is -4.98. The lowest BCUT2D eigenvalue weighted by Crippen LogP contribution is -2.31. The minimum atomic E-state index is -4.98. The van der Waals surface area contributed by atoms with Gasteiger partial charge in [-0.2, -0.15) is 13.2 Å². The molecule has 5 nitrogen and oxygen atoms in total. The van der Waals surface area contributed by atoms with Crippen LogP contribution < -0.4 is 5.32 Å². The van der Waals surface area contributed by atoms with E-state index in [2.05, 4.69) is 10.2 Å². The number of amides is 1. The van der Waals surface area contributed by atoms with Gasteiger partial charge in [0.15, 0.2) is 5.16 Å². The Morgan fingerprint density at radius 3 is 2.65 bits per heavy atom. The molecule has 1 amide bonds. The highest BCUT2D eigenvalue weighted by Crippen LogP contribution is 2.27. The fourth-order valence-electron chi connectivity index (χ4n) is 1.70. The first-order chi connectivity index (χ1) is 10.8. The minimum absolute atomic E-state index is 0.239. The lowest BCUT2D eigenvalue weighted by molar-refractivity contribution is -0.167. The van der Waals surface area contributed by atoms with Gasteiger partial charge < -0.3 is 0 Å². The van der Waals surface area contributed by atoms with E-state index in [4.69, 9.17) is 11.6 Å². The number of nitrogens with zero attached hydrogens (tertiary/aromatic N) is 3. The third-order valence-electron chi connectivity index (χ3n) is 2.83. The molecule has 0 aliphatic carbocycles. The van der Waals surface area contributed by atoms with Crippen molar-refractivity contribution in [3.05, 3.63) is 34.9 Å². The number of nitrogens with one attached hydrogen (secondary N) is 1. The maximum Gasteiger partial charge on any atom is 0.471 e. The monoisotopic (exact) mass is 364 g/mol. The summed E-state index contributed by atoms with van der Waals surface area (Å²) in [6, 6.07) is 7.22. The number of thioether (sulfide) groups is 1. The number of rotatable bonds is 5. The van der Waals surface area contributed by atoms with Crippen molar-refractivity contribution in [2.45, 2.75) is 30.6 Å². The highest BCUT2D eigenvalue weighted by atomic mass is 35.5. The largest absolute Gasteiger partial charge is 0.471 e. The first-order valence-electron chi connectivity index (χ1n) is 6.50. The average Bonchev–Trinajstić information content (AvgIpc) is 2.87. The highest BCUT2D eigenvalue weighted by Gasteiger charge is 2.39. The summed E-state index contributed by atoms with van der Waals surface area (Å²) in [7, 11) is 0. The Hall–Kier alpha value is -1.74. The molecule has 0 aliphatic rings. The predicted octanol–water partition coefficient (Wildman–Crippen LogP) is 3.74. The molecule has 0 spiro atoms. The van der Waals surface area contributed by atoms with E-state index in [0.29, 0.717) is 22.5 Å². The number of carbonyl (C=O) groups excluding carboxylic acids is 1. The van der Waals surface area contributed by atoms with Crippen molar-refractivity contribution in [1.29, 1.82) is 0 Å². The maximum atomic E-state index is 12.3. The molecule has 2 aromatic rings. The van der Waals surface area contributed by atoms with Crippen molar-refractivity contribution in [3.8, 4) is 0 Å². The van der Waals surface area contributed by atoms with E-state index < -0.39 is 12.1 Å². The zero-order valence-electron chi connectivity index (χ0n) is 11.9. The Morgan fingerprint density at radius 1 is 1.35 bits per heavy atom. The molecule has 2 rings (SSSR count). The van der Waals surface area contributed by atoms with E-state index >= 15 is 0 Å². The second-order valence-corrected chi connectivity index (χ2v) is 5.73. The Labute approximate surface area is 139 Å². The van der Waals surface area contributed by atoms with Gasteiger partial charge in [-0.3, -0.25) is 14.7 Å². The van der Waals surface area contributed by atoms with Crippen LogP contribution in [-0.2, 0) is 17.1 Å². The van der Waals surface area contributed by atoms with Crippen LogP contribution in [0.3, 0.4) is 0 Å². The van der Waals surface area contributed by atoms with Crippen molar-refractivity contribution in [1.82, 2.24) is 14.8 Å².